The number of ether oxygens (including phenoxy) is 1. The molecule has 112 valence electrons. The third-order valence-corrected chi connectivity index (χ3v) is 2.74. The van der Waals surface area contributed by atoms with E-state index >= 15 is 0 Å². The van der Waals surface area contributed by atoms with E-state index < -0.39 is 18.0 Å². The summed E-state index contributed by atoms with van der Waals surface area (Å²) >= 11 is 0. The number of nitrogens with one attached hydrogen (secondary N) is 2. The SMILES string of the molecule is COc1cc(F)ccc1NC(=O)NC[C@H](O)c1ccco1. The average molecular weight is 294 g/mol. The van der Waals surface area contributed by atoms with Crippen molar-refractivity contribution in [2.24, 2.45) is 0 Å². The summed E-state index contributed by atoms with van der Waals surface area (Å²) in [5.74, 6) is 0.0949. The van der Waals surface area contributed by atoms with Crippen LogP contribution in [0.5, 0.6) is 5.75 Å². The quantitative estimate of drug-likeness (QED) is 0.790. The molecule has 2 rings (SSSR count). The summed E-state index contributed by atoms with van der Waals surface area (Å²) in [4.78, 5) is 11.7. The van der Waals surface area contributed by atoms with E-state index in [2.05, 4.69) is 10.6 Å². The monoisotopic (exact) mass is 294 g/mol. The maximum atomic E-state index is 13.0. The lowest BCUT2D eigenvalue weighted by molar-refractivity contribution is 0.149. The fourth-order valence-corrected chi connectivity index (χ4v) is 1.71. The zero-order valence-corrected chi connectivity index (χ0v) is 11.3. The lowest BCUT2D eigenvalue weighted by Crippen LogP contribution is -2.32. The Kier molecular flexibility index (Phi) is 4.78. The zero-order chi connectivity index (χ0) is 15.2. The Morgan fingerprint density at radius 1 is 1.48 bits per heavy atom. The molecule has 0 unspecified atom stereocenters. The van der Waals surface area contributed by atoms with Gasteiger partial charge in [0, 0.05) is 6.07 Å². The second-order valence-corrected chi connectivity index (χ2v) is 4.21. The minimum absolute atomic E-state index is 0.0249. The molecular formula is C14H15FN2O4. The molecule has 0 aliphatic carbocycles. The molecule has 1 aromatic heterocycles. The predicted molar refractivity (Wildman–Crippen MR) is 73.6 cm³/mol. The number of urea groups is 1. The van der Waals surface area contributed by atoms with Gasteiger partial charge in [0.15, 0.2) is 0 Å². The molecule has 0 fully saturated rings. The van der Waals surface area contributed by atoms with E-state index in [0.29, 0.717) is 11.4 Å². The van der Waals surface area contributed by atoms with Crippen molar-refractivity contribution in [1.29, 1.82) is 0 Å². The summed E-state index contributed by atoms with van der Waals surface area (Å²) in [5, 5.41) is 14.7. The third-order valence-electron chi connectivity index (χ3n) is 2.74. The highest BCUT2D eigenvalue weighted by molar-refractivity contribution is 5.90. The normalized spacial score (nSPS) is 11.8. The minimum atomic E-state index is -0.944. The van der Waals surface area contributed by atoms with Gasteiger partial charge in [0.1, 0.15) is 23.4 Å². The molecule has 21 heavy (non-hydrogen) atoms. The summed E-state index contributed by atoms with van der Waals surface area (Å²) in [6.45, 7) is -0.0249. The minimum Gasteiger partial charge on any atom is -0.494 e. The molecule has 1 atom stereocenters. The molecule has 0 saturated carbocycles. The van der Waals surface area contributed by atoms with Gasteiger partial charge in [0.25, 0.3) is 0 Å². The number of furan rings is 1. The van der Waals surface area contributed by atoms with Crippen molar-refractivity contribution in [3.8, 4) is 5.75 Å². The highest BCUT2D eigenvalue weighted by Gasteiger charge is 2.13. The van der Waals surface area contributed by atoms with Gasteiger partial charge in [-0.25, -0.2) is 9.18 Å². The fraction of sp³-hybridized carbons (Fsp3) is 0.214. The molecule has 0 bridgehead atoms. The second-order valence-electron chi connectivity index (χ2n) is 4.21. The van der Waals surface area contributed by atoms with Gasteiger partial charge in [-0.15, -0.1) is 0 Å². The summed E-state index contributed by atoms with van der Waals surface area (Å²) in [6, 6.07) is 6.44. The van der Waals surface area contributed by atoms with Crippen LogP contribution in [0.4, 0.5) is 14.9 Å². The van der Waals surface area contributed by atoms with Gasteiger partial charge in [-0.3, -0.25) is 0 Å². The maximum Gasteiger partial charge on any atom is 0.319 e. The van der Waals surface area contributed by atoms with E-state index in [-0.39, 0.29) is 12.3 Å². The molecule has 0 spiro atoms. The van der Waals surface area contributed by atoms with Crippen molar-refractivity contribution in [2.45, 2.75) is 6.10 Å². The van der Waals surface area contributed by atoms with Crippen LogP contribution in [0.25, 0.3) is 0 Å². The molecule has 1 aromatic carbocycles. The first kappa shape index (κ1) is 14.9. The molecule has 2 aromatic rings. The second kappa shape index (κ2) is 6.76. The highest BCUT2D eigenvalue weighted by Crippen LogP contribution is 2.24. The number of carbonyl (C=O) groups excluding carboxylic acids is 1. The van der Waals surface area contributed by atoms with Gasteiger partial charge >= 0.3 is 6.03 Å². The maximum absolute atomic E-state index is 13.0. The smallest absolute Gasteiger partial charge is 0.319 e. The van der Waals surface area contributed by atoms with Crippen LogP contribution < -0.4 is 15.4 Å². The predicted octanol–water partition coefficient (Wildman–Crippen LogP) is 2.28. The van der Waals surface area contributed by atoms with Crippen LogP contribution in [-0.4, -0.2) is 24.8 Å². The number of rotatable bonds is 5. The number of aliphatic hydroxyl groups is 1. The van der Waals surface area contributed by atoms with E-state index in [1.54, 1.807) is 12.1 Å². The average Bonchev–Trinajstić information content (AvgIpc) is 3.01. The van der Waals surface area contributed by atoms with Crippen molar-refractivity contribution in [3.05, 3.63) is 48.2 Å². The number of amides is 2. The lowest BCUT2D eigenvalue weighted by atomic mass is 10.2. The molecule has 1 heterocycles. The van der Waals surface area contributed by atoms with Crippen molar-refractivity contribution >= 4 is 11.7 Å². The molecule has 2 amide bonds. The summed E-state index contributed by atoms with van der Waals surface area (Å²) in [6.07, 6.45) is 0.489. The number of anilines is 1. The first-order chi connectivity index (χ1) is 10.1. The van der Waals surface area contributed by atoms with E-state index in [1.165, 1.54) is 25.5 Å². The summed E-state index contributed by atoms with van der Waals surface area (Å²) < 4.78 is 23.0. The molecule has 6 nitrogen and oxygen atoms in total. The van der Waals surface area contributed by atoms with Crippen LogP contribution >= 0.6 is 0 Å². The van der Waals surface area contributed by atoms with Crippen LogP contribution in [0.1, 0.15) is 11.9 Å². The van der Waals surface area contributed by atoms with Gasteiger partial charge < -0.3 is 24.9 Å². The van der Waals surface area contributed by atoms with E-state index in [0.717, 1.165) is 6.07 Å². The van der Waals surface area contributed by atoms with E-state index in [4.69, 9.17) is 9.15 Å². The van der Waals surface area contributed by atoms with Crippen LogP contribution in [0.3, 0.4) is 0 Å². The van der Waals surface area contributed by atoms with Gasteiger partial charge in [-0.1, -0.05) is 0 Å². The summed E-state index contributed by atoms with van der Waals surface area (Å²) in [5.41, 5.74) is 0.323. The number of aliphatic hydroxyl groups excluding tert-OH is 1. The molecule has 0 radical (unpaired) electrons. The standard InChI is InChI=1S/C14H15FN2O4/c1-20-13-7-9(15)4-5-10(13)17-14(19)16-8-11(18)12-3-2-6-21-12/h2-7,11,18H,8H2,1H3,(H2,16,17,19)/t11-/m0/s1. The number of benzene rings is 1. The Morgan fingerprint density at radius 3 is 2.95 bits per heavy atom. The Labute approximate surface area is 120 Å². The molecule has 0 saturated heterocycles. The van der Waals surface area contributed by atoms with Gasteiger partial charge in [0.2, 0.25) is 0 Å². The van der Waals surface area contributed by atoms with Crippen LogP contribution in [0, 0.1) is 5.82 Å². The summed E-state index contributed by atoms with van der Waals surface area (Å²) in [7, 11) is 1.37. The van der Waals surface area contributed by atoms with Crippen LogP contribution in [0.2, 0.25) is 0 Å². The molecule has 7 heteroatoms. The van der Waals surface area contributed by atoms with Crippen molar-refractivity contribution in [2.75, 3.05) is 19.0 Å². The van der Waals surface area contributed by atoms with Crippen LogP contribution in [0.15, 0.2) is 41.0 Å². The topological polar surface area (TPSA) is 83.7 Å². The van der Waals surface area contributed by atoms with Gasteiger partial charge in [-0.05, 0) is 24.3 Å². The number of halogens is 1. The number of hydrogen-bond donors (Lipinski definition) is 3. The van der Waals surface area contributed by atoms with Crippen LogP contribution in [-0.2, 0) is 0 Å². The third kappa shape index (κ3) is 3.96. The van der Waals surface area contributed by atoms with Gasteiger partial charge in [-0.2, -0.15) is 0 Å². The Bertz CT molecular complexity index is 601. The van der Waals surface area contributed by atoms with Crippen molar-refractivity contribution in [3.63, 3.8) is 0 Å². The van der Waals surface area contributed by atoms with Crippen molar-refractivity contribution < 1.29 is 23.4 Å². The lowest BCUT2D eigenvalue weighted by Gasteiger charge is -2.12. The molecule has 0 aliphatic rings. The number of hydrogen-bond acceptors (Lipinski definition) is 4. The molecule has 0 aliphatic heterocycles. The fourth-order valence-electron chi connectivity index (χ4n) is 1.71. The van der Waals surface area contributed by atoms with Gasteiger partial charge in [0.05, 0.1) is 25.6 Å². The Morgan fingerprint density at radius 2 is 2.29 bits per heavy atom. The first-order valence-corrected chi connectivity index (χ1v) is 6.20. The number of methoxy groups -OCH3 is 1. The zero-order valence-electron chi connectivity index (χ0n) is 11.3. The van der Waals surface area contributed by atoms with E-state index in [9.17, 15) is 14.3 Å². The Hall–Kier alpha value is -2.54. The Balaban J connectivity index is 1.90. The van der Waals surface area contributed by atoms with Crippen molar-refractivity contribution in [1.82, 2.24) is 5.32 Å². The highest BCUT2D eigenvalue weighted by atomic mass is 19.1. The first-order valence-electron chi connectivity index (χ1n) is 6.20. The molecular weight excluding hydrogens is 279 g/mol. The number of carbonyl (C=O) groups is 1. The molecule has 3 N–H and O–H groups in total. The largest absolute Gasteiger partial charge is 0.494 e. The van der Waals surface area contributed by atoms with E-state index in [1.807, 2.05) is 0 Å².